The van der Waals surface area contributed by atoms with Crippen LogP contribution in [0.1, 0.15) is 23.0 Å². The number of nitrogens with zero attached hydrogens (tertiary/aromatic N) is 1. The molecule has 0 fully saturated rings. The highest BCUT2D eigenvalue weighted by atomic mass is 79.9. The summed E-state index contributed by atoms with van der Waals surface area (Å²) in [6.07, 6.45) is 1.41. The Morgan fingerprint density at radius 3 is 2.62 bits per heavy atom. The second kappa shape index (κ2) is 12.3. The van der Waals surface area contributed by atoms with Crippen LogP contribution in [0.25, 0.3) is 11.0 Å². The highest BCUT2D eigenvalue weighted by Crippen LogP contribution is 2.36. The number of hydrogen-bond acceptors (Lipinski definition) is 6. The van der Waals surface area contributed by atoms with Crippen molar-refractivity contribution in [2.45, 2.75) is 6.92 Å². The normalized spacial score (nSPS) is 11.0. The number of rotatable bonds is 9. The van der Waals surface area contributed by atoms with Crippen molar-refractivity contribution in [1.29, 1.82) is 0 Å². The van der Waals surface area contributed by atoms with E-state index in [2.05, 4.69) is 47.7 Å². The van der Waals surface area contributed by atoms with E-state index in [9.17, 15) is 9.59 Å². The lowest BCUT2D eigenvalue weighted by atomic mass is 10.2. The van der Waals surface area contributed by atoms with Crippen LogP contribution in [0.4, 0.5) is 5.69 Å². The van der Waals surface area contributed by atoms with Gasteiger partial charge in [0.25, 0.3) is 5.91 Å². The zero-order valence-electron chi connectivity index (χ0n) is 19.4. The van der Waals surface area contributed by atoms with E-state index < -0.39 is 5.91 Å². The fourth-order valence-corrected chi connectivity index (χ4v) is 4.94. The Labute approximate surface area is 234 Å². The SMILES string of the molecule is CCOc1cc(/C=N\NC(=O)c2cc3cc(Br)cc(Br)c3o2)cc(Cl)c1OCC(=O)Nc1ccccc1. The maximum Gasteiger partial charge on any atom is 0.307 e. The summed E-state index contributed by atoms with van der Waals surface area (Å²) in [4.78, 5) is 24.8. The van der Waals surface area contributed by atoms with Crippen molar-refractivity contribution < 1.29 is 23.5 Å². The number of fused-ring (bicyclic) bond motifs is 1. The molecule has 0 aliphatic rings. The van der Waals surface area contributed by atoms with Gasteiger partial charge in [0.1, 0.15) is 5.58 Å². The lowest BCUT2D eigenvalue weighted by molar-refractivity contribution is -0.118. The van der Waals surface area contributed by atoms with Crippen molar-refractivity contribution in [2.24, 2.45) is 5.10 Å². The minimum atomic E-state index is -0.518. The third-order valence-electron chi connectivity index (χ3n) is 4.88. The molecule has 0 aliphatic heterocycles. The van der Waals surface area contributed by atoms with Crippen molar-refractivity contribution in [2.75, 3.05) is 18.5 Å². The molecule has 0 bridgehead atoms. The van der Waals surface area contributed by atoms with Crippen LogP contribution >= 0.6 is 43.5 Å². The van der Waals surface area contributed by atoms with Crippen LogP contribution in [0.15, 0.2) is 79.1 Å². The van der Waals surface area contributed by atoms with Crippen LogP contribution in [0.3, 0.4) is 0 Å². The number of para-hydroxylation sites is 1. The van der Waals surface area contributed by atoms with E-state index in [1.807, 2.05) is 37.3 Å². The predicted molar refractivity (Wildman–Crippen MR) is 150 cm³/mol. The van der Waals surface area contributed by atoms with Gasteiger partial charge in [0.2, 0.25) is 0 Å². The van der Waals surface area contributed by atoms with Gasteiger partial charge in [-0.15, -0.1) is 0 Å². The van der Waals surface area contributed by atoms with E-state index in [0.717, 1.165) is 14.3 Å². The molecule has 0 radical (unpaired) electrons. The van der Waals surface area contributed by atoms with Crippen LogP contribution in [-0.4, -0.2) is 31.2 Å². The summed E-state index contributed by atoms with van der Waals surface area (Å²) < 4.78 is 18.5. The molecule has 2 amide bonds. The predicted octanol–water partition coefficient (Wildman–Crippen LogP) is 6.79. The molecule has 2 N–H and O–H groups in total. The molecule has 0 unspecified atom stereocenters. The Morgan fingerprint density at radius 2 is 1.86 bits per heavy atom. The number of hydrogen-bond donors (Lipinski definition) is 2. The molecule has 3 aromatic carbocycles. The number of anilines is 1. The molecule has 0 saturated carbocycles. The highest BCUT2D eigenvalue weighted by molar-refractivity contribution is 9.11. The molecular formula is C26H20Br2ClN3O5. The fourth-order valence-electron chi connectivity index (χ4n) is 3.33. The summed E-state index contributed by atoms with van der Waals surface area (Å²) in [5, 5.41) is 7.72. The maximum atomic E-state index is 12.5. The fraction of sp³-hybridized carbons (Fsp3) is 0.115. The molecular weight excluding hydrogens is 630 g/mol. The highest BCUT2D eigenvalue weighted by Gasteiger charge is 2.16. The van der Waals surface area contributed by atoms with E-state index in [1.54, 1.807) is 30.3 Å². The average Bonchev–Trinajstić information content (AvgIpc) is 3.29. The standard InChI is InChI=1S/C26H20Br2ClN3O5/c1-2-35-21-9-15(8-20(29)25(21)36-14-23(33)31-18-6-4-3-5-7-18)13-30-32-26(34)22-11-16-10-17(27)12-19(28)24(16)37-22/h3-13H,2,14H2,1H3,(H,31,33)(H,32,34)/b30-13-. The molecule has 11 heteroatoms. The van der Waals surface area contributed by atoms with Gasteiger partial charge >= 0.3 is 5.91 Å². The number of ether oxygens (including phenoxy) is 2. The van der Waals surface area contributed by atoms with E-state index >= 15 is 0 Å². The average molecular weight is 650 g/mol. The van der Waals surface area contributed by atoms with Crippen LogP contribution in [0.5, 0.6) is 11.5 Å². The molecule has 0 spiro atoms. The number of benzene rings is 3. The van der Waals surface area contributed by atoms with Crippen molar-refractivity contribution in [3.8, 4) is 11.5 Å². The van der Waals surface area contributed by atoms with E-state index in [4.69, 9.17) is 25.5 Å². The Balaban J connectivity index is 1.43. The smallest absolute Gasteiger partial charge is 0.307 e. The number of furan rings is 1. The van der Waals surface area contributed by atoms with Crippen molar-refractivity contribution in [3.05, 3.63) is 86.0 Å². The molecule has 1 heterocycles. The molecule has 1 aromatic heterocycles. The van der Waals surface area contributed by atoms with Crippen molar-refractivity contribution >= 4 is 78.1 Å². The number of hydrazone groups is 1. The molecule has 37 heavy (non-hydrogen) atoms. The van der Waals surface area contributed by atoms with Gasteiger partial charge in [-0.2, -0.15) is 5.10 Å². The van der Waals surface area contributed by atoms with Gasteiger partial charge in [-0.05, 0) is 70.9 Å². The molecule has 0 saturated heterocycles. The zero-order chi connectivity index (χ0) is 26.4. The van der Waals surface area contributed by atoms with Crippen LogP contribution in [0, 0.1) is 0 Å². The largest absolute Gasteiger partial charge is 0.490 e. The monoisotopic (exact) mass is 647 g/mol. The molecule has 4 aromatic rings. The van der Waals surface area contributed by atoms with Gasteiger partial charge < -0.3 is 19.2 Å². The van der Waals surface area contributed by atoms with Gasteiger partial charge in [0, 0.05) is 15.5 Å². The van der Waals surface area contributed by atoms with Crippen LogP contribution in [-0.2, 0) is 4.79 Å². The second-order valence-corrected chi connectivity index (χ2v) is 9.76. The minimum absolute atomic E-state index is 0.108. The third kappa shape index (κ3) is 6.91. The van der Waals surface area contributed by atoms with Crippen molar-refractivity contribution in [1.82, 2.24) is 5.43 Å². The molecule has 0 atom stereocenters. The summed E-state index contributed by atoms with van der Waals surface area (Å²) in [7, 11) is 0. The van der Waals surface area contributed by atoms with Gasteiger partial charge in [-0.3, -0.25) is 9.59 Å². The number of nitrogens with one attached hydrogen (secondary N) is 2. The Hall–Kier alpha value is -3.34. The van der Waals surface area contributed by atoms with Gasteiger partial charge in [0.05, 0.1) is 22.3 Å². The lowest BCUT2D eigenvalue weighted by Crippen LogP contribution is -2.20. The van der Waals surface area contributed by atoms with E-state index in [1.165, 1.54) is 6.21 Å². The first-order valence-electron chi connectivity index (χ1n) is 11.0. The quantitative estimate of drug-likeness (QED) is 0.154. The lowest BCUT2D eigenvalue weighted by Gasteiger charge is -2.14. The molecule has 4 rings (SSSR count). The summed E-state index contributed by atoms with van der Waals surface area (Å²) >= 11 is 13.2. The zero-order valence-corrected chi connectivity index (χ0v) is 23.3. The summed E-state index contributed by atoms with van der Waals surface area (Å²) in [6, 6.07) is 17.6. The number of carbonyl (C=O) groups is 2. The number of halogens is 3. The summed E-state index contributed by atoms with van der Waals surface area (Å²) in [6.45, 7) is 1.89. The number of amides is 2. The minimum Gasteiger partial charge on any atom is -0.490 e. The topological polar surface area (TPSA) is 102 Å². The third-order valence-corrected chi connectivity index (χ3v) is 6.20. The Bertz CT molecular complexity index is 1470. The maximum absolute atomic E-state index is 12.5. The number of carbonyl (C=O) groups excluding carboxylic acids is 2. The van der Waals surface area contributed by atoms with Crippen molar-refractivity contribution in [3.63, 3.8) is 0 Å². The molecule has 190 valence electrons. The van der Waals surface area contributed by atoms with Gasteiger partial charge in [-0.1, -0.05) is 45.7 Å². The summed E-state index contributed by atoms with van der Waals surface area (Å²) in [5.41, 5.74) is 4.19. The summed E-state index contributed by atoms with van der Waals surface area (Å²) in [5.74, 6) is -0.189. The molecule has 8 nitrogen and oxygen atoms in total. The Morgan fingerprint density at radius 1 is 1.08 bits per heavy atom. The van der Waals surface area contributed by atoms with Crippen LogP contribution in [0.2, 0.25) is 5.02 Å². The first-order chi connectivity index (χ1) is 17.8. The van der Waals surface area contributed by atoms with E-state index in [-0.39, 0.29) is 29.0 Å². The molecule has 0 aliphatic carbocycles. The first kappa shape index (κ1) is 26.7. The first-order valence-corrected chi connectivity index (χ1v) is 13.0. The van der Waals surface area contributed by atoms with Gasteiger partial charge in [-0.25, -0.2) is 5.43 Å². The Kier molecular flexibility index (Phi) is 8.86. The van der Waals surface area contributed by atoms with E-state index in [0.29, 0.717) is 29.2 Å². The van der Waals surface area contributed by atoms with Crippen LogP contribution < -0.4 is 20.2 Å². The second-order valence-electron chi connectivity index (χ2n) is 7.58. The van der Waals surface area contributed by atoms with Gasteiger partial charge in [0.15, 0.2) is 23.9 Å².